The Kier molecular flexibility index (Phi) is 6.96. The number of halogens is 1. The number of aliphatic carboxylic acids is 2. The van der Waals surface area contributed by atoms with E-state index in [1.165, 1.54) is 0 Å². The number of rotatable bonds is 4. The SMILES string of the molecule is Brc1cccc(OCCn2ccnc2)c1.O=C(O)C(=O)O. The fourth-order valence-corrected chi connectivity index (χ4v) is 1.62. The zero-order chi connectivity index (χ0) is 15.7. The van der Waals surface area contributed by atoms with Gasteiger partial charge in [0.15, 0.2) is 0 Å². The zero-order valence-corrected chi connectivity index (χ0v) is 12.4. The molecule has 112 valence electrons. The Hall–Kier alpha value is -2.35. The smallest absolute Gasteiger partial charge is 0.414 e. The highest BCUT2D eigenvalue weighted by Gasteiger charge is 2.04. The van der Waals surface area contributed by atoms with Crippen LogP contribution in [0.3, 0.4) is 0 Å². The van der Waals surface area contributed by atoms with Gasteiger partial charge in [0.25, 0.3) is 0 Å². The number of carboxylic acids is 2. The van der Waals surface area contributed by atoms with E-state index >= 15 is 0 Å². The van der Waals surface area contributed by atoms with Gasteiger partial charge in [0.1, 0.15) is 12.4 Å². The molecule has 0 unspecified atom stereocenters. The molecule has 2 rings (SSSR count). The maximum absolute atomic E-state index is 9.10. The summed E-state index contributed by atoms with van der Waals surface area (Å²) in [6, 6.07) is 7.83. The molecule has 1 heterocycles. The van der Waals surface area contributed by atoms with Crippen LogP contribution in [0.5, 0.6) is 5.75 Å². The number of hydrogen-bond acceptors (Lipinski definition) is 4. The van der Waals surface area contributed by atoms with Crippen LogP contribution in [0.2, 0.25) is 0 Å². The van der Waals surface area contributed by atoms with E-state index in [1.54, 1.807) is 12.5 Å². The molecule has 0 fully saturated rings. The first kappa shape index (κ1) is 16.7. The second-order valence-corrected chi connectivity index (χ2v) is 4.63. The number of hydrogen-bond donors (Lipinski definition) is 2. The molecule has 0 saturated heterocycles. The molecule has 0 amide bonds. The van der Waals surface area contributed by atoms with E-state index in [0.29, 0.717) is 6.61 Å². The number of ether oxygens (including phenoxy) is 1. The standard InChI is InChI=1S/C11H11BrN2O.C2H2O4/c12-10-2-1-3-11(8-10)15-7-6-14-5-4-13-9-14;3-1(4)2(5)6/h1-5,8-9H,6-7H2;(H,3,4)(H,5,6). The number of aromatic nitrogens is 2. The normalized spacial score (nSPS) is 9.38. The summed E-state index contributed by atoms with van der Waals surface area (Å²) in [4.78, 5) is 22.2. The van der Waals surface area contributed by atoms with Gasteiger partial charge in [0.05, 0.1) is 12.9 Å². The van der Waals surface area contributed by atoms with Crippen molar-refractivity contribution in [1.29, 1.82) is 0 Å². The summed E-state index contributed by atoms with van der Waals surface area (Å²) in [5.41, 5.74) is 0. The lowest BCUT2D eigenvalue weighted by Gasteiger charge is -2.06. The Morgan fingerprint density at radius 2 is 2.00 bits per heavy atom. The van der Waals surface area contributed by atoms with Crippen LogP contribution in [0.1, 0.15) is 0 Å². The molecule has 1 aromatic heterocycles. The minimum atomic E-state index is -1.82. The largest absolute Gasteiger partial charge is 0.492 e. The maximum Gasteiger partial charge on any atom is 0.414 e. The van der Waals surface area contributed by atoms with Gasteiger partial charge in [0.2, 0.25) is 0 Å². The van der Waals surface area contributed by atoms with Crippen molar-refractivity contribution in [3.63, 3.8) is 0 Å². The highest BCUT2D eigenvalue weighted by molar-refractivity contribution is 9.10. The Bertz CT molecular complexity index is 574. The zero-order valence-electron chi connectivity index (χ0n) is 10.8. The number of nitrogens with zero attached hydrogens (tertiary/aromatic N) is 2. The van der Waals surface area contributed by atoms with Crippen LogP contribution in [0.15, 0.2) is 47.5 Å². The predicted octanol–water partition coefficient (Wildman–Crippen LogP) is 1.88. The molecule has 2 N–H and O–H groups in total. The third kappa shape index (κ3) is 7.11. The molecular formula is C13H13BrN2O5. The second-order valence-electron chi connectivity index (χ2n) is 3.72. The molecule has 0 aliphatic heterocycles. The lowest BCUT2D eigenvalue weighted by molar-refractivity contribution is -0.159. The highest BCUT2D eigenvalue weighted by atomic mass is 79.9. The van der Waals surface area contributed by atoms with Crippen LogP contribution in [-0.4, -0.2) is 38.3 Å². The third-order valence-corrected chi connectivity index (χ3v) is 2.65. The Balaban J connectivity index is 0.000000315. The van der Waals surface area contributed by atoms with Gasteiger partial charge in [-0.05, 0) is 18.2 Å². The lowest BCUT2D eigenvalue weighted by Crippen LogP contribution is -2.09. The Morgan fingerprint density at radius 3 is 2.52 bits per heavy atom. The molecule has 7 nitrogen and oxygen atoms in total. The first-order valence-corrected chi connectivity index (χ1v) is 6.58. The summed E-state index contributed by atoms with van der Waals surface area (Å²) in [6.07, 6.45) is 5.47. The minimum Gasteiger partial charge on any atom is -0.492 e. The Labute approximate surface area is 128 Å². The molecule has 21 heavy (non-hydrogen) atoms. The molecule has 0 radical (unpaired) electrons. The van der Waals surface area contributed by atoms with Gasteiger partial charge >= 0.3 is 11.9 Å². The van der Waals surface area contributed by atoms with E-state index in [-0.39, 0.29) is 0 Å². The van der Waals surface area contributed by atoms with Gasteiger partial charge in [-0.2, -0.15) is 0 Å². The van der Waals surface area contributed by atoms with Crippen molar-refractivity contribution >= 4 is 27.9 Å². The van der Waals surface area contributed by atoms with Gasteiger partial charge < -0.3 is 19.5 Å². The van der Waals surface area contributed by atoms with E-state index in [9.17, 15) is 0 Å². The third-order valence-electron chi connectivity index (χ3n) is 2.16. The summed E-state index contributed by atoms with van der Waals surface area (Å²) in [5, 5.41) is 14.8. The van der Waals surface area contributed by atoms with E-state index in [0.717, 1.165) is 16.8 Å². The van der Waals surface area contributed by atoms with Crippen molar-refractivity contribution in [2.75, 3.05) is 6.61 Å². The predicted molar refractivity (Wildman–Crippen MR) is 77.1 cm³/mol. The molecule has 0 saturated carbocycles. The first-order chi connectivity index (χ1) is 9.99. The van der Waals surface area contributed by atoms with Crippen molar-refractivity contribution in [2.24, 2.45) is 0 Å². The number of benzene rings is 1. The summed E-state index contributed by atoms with van der Waals surface area (Å²) in [6.45, 7) is 1.46. The molecule has 2 aromatic rings. The fraction of sp³-hybridized carbons (Fsp3) is 0.154. The van der Waals surface area contributed by atoms with Crippen molar-refractivity contribution in [2.45, 2.75) is 6.54 Å². The Morgan fingerprint density at radius 1 is 1.29 bits per heavy atom. The fourth-order valence-electron chi connectivity index (χ4n) is 1.24. The molecule has 0 aliphatic rings. The number of carbonyl (C=O) groups is 2. The van der Waals surface area contributed by atoms with Crippen LogP contribution in [-0.2, 0) is 16.1 Å². The molecule has 8 heteroatoms. The molecule has 0 aliphatic carbocycles. The maximum atomic E-state index is 9.10. The van der Waals surface area contributed by atoms with E-state index < -0.39 is 11.9 Å². The summed E-state index contributed by atoms with van der Waals surface area (Å²) < 4.78 is 8.60. The highest BCUT2D eigenvalue weighted by Crippen LogP contribution is 2.17. The molecule has 0 atom stereocenters. The number of carboxylic acid groups (broad SMARTS) is 2. The lowest BCUT2D eigenvalue weighted by atomic mass is 10.3. The molecule has 0 bridgehead atoms. The average Bonchev–Trinajstić information content (AvgIpc) is 2.92. The minimum absolute atomic E-state index is 0.646. The van der Waals surface area contributed by atoms with Crippen LogP contribution in [0.25, 0.3) is 0 Å². The van der Waals surface area contributed by atoms with E-state index in [1.807, 2.05) is 35.0 Å². The topological polar surface area (TPSA) is 102 Å². The second kappa shape index (κ2) is 8.75. The number of imidazole rings is 1. The summed E-state index contributed by atoms with van der Waals surface area (Å²) >= 11 is 3.40. The van der Waals surface area contributed by atoms with Gasteiger partial charge in [-0.25, -0.2) is 14.6 Å². The van der Waals surface area contributed by atoms with Crippen LogP contribution >= 0.6 is 15.9 Å². The van der Waals surface area contributed by atoms with Gasteiger partial charge in [-0.15, -0.1) is 0 Å². The summed E-state index contributed by atoms with van der Waals surface area (Å²) in [5.74, 6) is -2.77. The first-order valence-electron chi connectivity index (χ1n) is 5.79. The average molecular weight is 357 g/mol. The monoisotopic (exact) mass is 356 g/mol. The van der Waals surface area contributed by atoms with Crippen molar-refractivity contribution in [3.05, 3.63) is 47.5 Å². The van der Waals surface area contributed by atoms with Crippen molar-refractivity contribution < 1.29 is 24.5 Å². The molecule has 1 aromatic carbocycles. The van der Waals surface area contributed by atoms with Gasteiger partial charge in [-0.1, -0.05) is 22.0 Å². The van der Waals surface area contributed by atoms with Crippen LogP contribution in [0.4, 0.5) is 0 Å². The quantitative estimate of drug-likeness (QED) is 0.811. The van der Waals surface area contributed by atoms with Crippen LogP contribution < -0.4 is 4.74 Å². The van der Waals surface area contributed by atoms with Gasteiger partial charge in [0, 0.05) is 16.9 Å². The van der Waals surface area contributed by atoms with E-state index in [4.69, 9.17) is 24.5 Å². The van der Waals surface area contributed by atoms with Crippen molar-refractivity contribution in [1.82, 2.24) is 9.55 Å². The van der Waals surface area contributed by atoms with Crippen molar-refractivity contribution in [3.8, 4) is 5.75 Å². The van der Waals surface area contributed by atoms with Gasteiger partial charge in [-0.3, -0.25) is 0 Å². The summed E-state index contributed by atoms with van der Waals surface area (Å²) in [7, 11) is 0. The molecular weight excluding hydrogens is 344 g/mol. The molecule has 0 spiro atoms. The van der Waals surface area contributed by atoms with Crippen LogP contribution in [0, 0.1) is 0 Å². The van der Waals surface area contributed by atoms with E-state index in [2.05, 4.69) is 20.9 Å².